The van der Waals surface area contributed by atoms with Gasteiger partial charge in [-0.05, 0) is 42.8 Å². The molecule has 0 aromatic heterocycles. The number of hydrogen-bond acceptors (Lipinski definition) is 2. The summed E-state index contributed by atoms with van der Waals surface area (Å²) in [6, 6.07) is 6.95. The van der Waals surface area contributed by atoms with E-state index in [4.69, 9.17) is 16.7 Å². The molecule has 0 radical (unpaired) electrons. The smallest absolute Gasteiger partial charge is 0.335 e. The fourth-order valence-corrected chi connectivity index (χ4v) is 2.26. The van der Waals surface area contributed by atoms with Crippen LogP contribution in [-0.2, 0) is 0 Å². The molecule has 0 saturated carbocycles. The normalized spacial score (nSPS) is 12.0. The molecular formula is C15H12ClF2NO2. The van der Waals surface area contributed by atoms with Gasteiger partial charge in [0.15, 0.2) is 0 Å². The lowest BCUT2D eigenvalue weighted by atomic mass is 10.1. The summed E-state index contributed by atoms with van der Waals surface area (Å²) in [4.78, 5) is 10.9. The molecule has 0 amide bonds. The first-order valence-corrected chi connectivity index (χ1v) is 6.50. The van der Waals surface area contributed by atoms with Gasteiger partial charge in [-0.25, -0.2) is 13.6 Å². The summed E-state index contributed by atoms with van der Waals surface area (Å²) in [6.07, 6.45) is 0. The molecule has 1 atom stereocenters. The maximum Gasteiger partial charge on any atom is 0.335 e. The van der Waals surface area contributed by atoms with Gasteiger partial charge >= 0.3 is 5.97 Å². The number of anilines is 1. The Labute approximate surface area is 125 Å². The second-order valence-corrected chi connectivity index (χ2v) is 4.94. The number of carboxylic acids is 1. The highest BCUT2D eigenvalue weighted by atomic mass is 35.5. The highest BCUT2D eigenvalue weighted by Gasteiger charge is 2.14. The Balaban J connectivity index is 2.28. The molecule has 0 saturated heterocycles. The predicted molar refractivity (Wildman–Crippen MR) is 76.8 cm³/mol. The fraction of sp³-hybridized carbons (Fsp3) is 0.133. The first-order chi connectivity index (χ1) is 9.88. The second-order valence-electron chi connectivity index (χ2n) is 4.53. The molecule has 110 valence electrons. The minimum Gasteiger partial charge on any atom is -0.478 e. The quantitative estimate of drug-likeness (QED) is 0.874. The third-order valence-corrected chi connectivity index (χ3v) is 3.34. The van der Waals surface area contributed by atoms with E-state index in [-0.39, 0.29) is 16.3 Å². The number of rotatable bonds is 4. The van der Waals surface area contributed by atoms with Crippen molar-refractivity contribution in [1.82, 2.24) is 0 Å². The lowest BCUT2D eigenvalue weighted by Gasteiger charge is -2.18. The van der Waals surface area contributed by atoms with Crippen molar-refractivity contribution in [3.63, 3.8) is 0 Å². The number of aromatic carboxylic acids is 1. The lowest BCUT2D eigenvalue weighted by Crippen LogP contribution is -2.10. The topological polar surface area (TPSA) is 49.3 Å². The summed E-state index contributed by atoms with van der Waals surface area (Å²) in [6.45, 7) is 1.71. The van der Waals surface area contributed by atoms with Gasteiger partial charge in [-0.2, -0.15) is 0 Å². The Morgan fingerprint density at radius 3 is 2.57 bits per heavy atom. The van der Waals surface area contributed by atoms with Gasteiger partial charge in [0.25, 0.3) is 0 Å². The zero-order valence-corrected chi connectivity index (χ0v) is 11.8. The average Bonchev–Trinajstić information content (AvgIpc) is 2.40. The Bertz CT molecular complexity index is 691. The SMILES string of the molecule is CC(Nc1cc(C(=O)O)ccc1F)c1ccc(F)cc1Cl. The molecule has 2 N–H and O–H groups in total. The van der Waals surface area contributed by atoms with Gasteiger partial charge in [0.05, 0.1) is 17.3 Å². The Morgan fingerprint density at radius 2 is 1.95 bits per heavy atom. The van der Waals surface area contributed by atoms with Crippen LogP contribution in [0.4, 0.5) is 14.5 Å². The van der Waals surface area contributed by atoms with E-state index in [0.29, 0.717) is 5.56 Å². The molecule has 0 fully saturated rings. The highest BCUT2D eigenvalue weighted by Crippen LogP contribution is 2.28. The molecule has 0 aliphatic rings. The number of carboxylic acid groups (broad SMARTS) is 1. The van der Waals surface area contributed by atoms with E-state index in [1.807, 2.05) is 0 Å². The second kappa shape index (κ2) is 6.10. The van der Waals surface area contributed by atoms with Crippen LogP contribution in [0.3, 0.4) is 0 Å². The number of hydrogen-bond donors (Lipinski definition) is 2. The van der Waals surface area contributed by atoms with E-state index in [2.05, 4.69) is 5.32 Å². The van der Waals surface area contributed by atoms with Gasteiger partial charge in [0.1, 0.15) is 11.6 Å². The summed E-state index contributed by atoms with van der Waals surface area (Å²) in [5.74, 6) is -2.19. The lowest BCUT2D eigenvalue weighted by molar-refractivity contribution is 0.0697. The van der Waals surface area contributed by atoms with Crippen molar-refractivity contribution in [2.75, 3.05) is 5.32 Å². The summed E-state index contributed by atoms with van der Waals surface area (Å²) < 4.78 is 26.7. The maximum absolute atomic E-state index is 13.7. The van der Waals surface area contributed by atoms with Gasteiger partial charge in [0, 0.05) is 5.02 Å². The van der Waals surface area contributed by atoms with Crippen LogP contribution in [0, 0.1) is 11.6 Å². The van der Waals surface area contributed by atoms with Gasteiger partial charge in [-0.1, -0.05) is 17.7 Å². The highest BCUT2D eigenvalue weighted by molar-refractivity contribution is 6.31. The first-order valence-electron chi connectivity index (χ1n) is 6.13. The molecule has 0 bridgehead atoms. The fourth-order valence-electron chi connectivity index (χ4n) is 1.93. The van der Waals surface area contributed by atoms with Crippen molar-refractivity contribution in [3.8, 4) is 0 Å². The number of halogens is 3. The molecule has 0 aliphatic carbocycles. The van der Waals surface area contributed by atoms with Gasteiger partial charge < -0.3 is 10.4 Å². The molecule has 21 heavy (non-hydrogen) atoms. The zero-order chi connectivity index (χ0) is 15.6. The number of nitrogens with one attached hydrogen (secondary N) is 1. The molecule has 3 nitrogen and oxygen atoms in total. The number of carbonyl (C=O) groups is 1. The van der Waals surface area contributed by atoms with E-state index in [1.165, 1.54) is 30.3 Å². The molecule has 0 heterocycles. The summed E-state index contributed by atoms with van der Waals surface area (Å²) in [5.41, 5.74) is 0.595. The van der Waals surface area contributed by atoms with Crippen LogP contribution in [0.2, 0.25) is 5.02 Å². The van der Waals surface area contributed by atoms with E-state index < -0.39 is 23.6 Å². The molecular weight excluding hydrogens is 300 g/mol. The third-order valence-electron chi connectivity index (χ3n) is 3.01. The Kier molecular flexibility index (Phi) is 4.43. The maximum atomic E-state index is 13.7. The van der Waals surface area contributed by atoms with Crippen LogP contribution >= 0.6 is 11.6 Å². The van der Waals surface area contributed by atoms with Gasteiger partial charge in [-0.3, -0.25) is 0 Å². The van der Waals surface area contributed by atoms with E-state index >= 15 is 0 Å². The molecule has 0 aliphatic heterocycles. The molecule has 1 unspecified atom stereocenters. The van der Waals surface area contributed by atoms with Crippen LogP contribution in [0.25, 0.3) is 0 Å². The molecule has 2 rings (SSSR count). The third kappa shape index (κ3) is 3.49. The van der Waals surface area contributed by atoms with Crippen molar-refractivity contribution < 1.29 is 18.7 Å². The van der Waals surface area contributed by atoms with Crippen molar-refractivity contribution in [3.05, 3.63) is 64.2 Å². The monoisotopic (exact) mass is 311 g/mol. The Hall–Kier alpha value is -2.14. The minimum absolute atomic E-state index is 0.0312. The average molecular weight is 312 g/mol. The summed E-state index contributed by atoms with van der Waals surface area (Å²) in [5, 5.41) is 12.0. The van der Waals surface area contributed by atoms with Crippen LogP contribution < -0.4 is 5.32 Å². The van der Waals surface area contributed by atoms with Crippen molar-refractivity contribution >= 4 is 23.3 Å². The van der Waals surface area contributed by atoms with Crippen LogP contribution in [0.15, 0.2) is 36.4 Å². The van der Waals surface area contributed by atoms with Crippen molar-refractivity contribution in [2.45, 2.75) is 13.0 Å². The molecule has 2 aromatic carbocycles. The van der Waals surface area contributed by atoms with Crippen molar-refractivity contribution in [2.24, 2.45) is 0 Å². The minimum atomic E-state index is -1.15. The zero-order valence-electron chi connectivity index (χ0n) is 11.0. The summed E-state index contributed by atoms with van der Waals surface area (Å²) >= 11 is 5.94. The van der Waals surface area contributed by atoms with Gasteiger partial charge in [-0.15, -0.1) is 0 Å². The van der Waals surface area contributed by atoms with Crippen LogP contribution in [-0.4, -0.2) is 11.1 Å². The van der Waals surface area contributed by atoms with E-state index in [9.17, 15) is 13.6 Å². The number of benzene rings is 2. The van der Waals surface area contributed by atoms with E-state index in [1.54, 1.807) is 6.92 Å². The Morgan fingerprint density at radius 1 is 1.24 bits per heavy atom. The van der Waals surface area contributed by atoms with E-state index in [0.717, 1.165) is 6.07 Å². The van der Waals surface area contributed by atoms with Gasteiger partial charge in [0.2, 0.25) is 0 Å². The standard InChI is InChI=1S/C15H12ClF2NO2/c1-8(11-4-3-10(17)7-12(11)16)19-14-6-9(15(20)21)2-5-13(14)18/h2-8,19H,1H3,(H,20,21). The molecule has 0 spiro atoms. The van der Waals surface area contributed by atoms with Crippen LogP contribution in [0.1, 0.15) is 28.9 Å². The molecule has 2 aromatic rings. The largest absolute Gasteiger partial charge is 0.478 e. The van der Waals surface area contributed by atoms with Crippen LogP contribution in [0.5, 0.6) is 0 Å². The predicted octanol–water partition coefficient (Wildman–Crippen LogP) is 4.49. The summed E-state index contributed by atoms with van der Waals surface area (Å²) in [7, 11) is 0. The first kappa shape index (κ1) is 15.3. The van der Waals surface area contributed by atoms with Crippen molar-refractivity contribution in [1.29, 1.82) is 0 Å². The molecule has 6 heteroatoms.